The molecule has 1 aliphatic heterocycles. The van der Waals surface area contributed by atoms with Crippen LogP contribution in [0.4, 0.5) is 0 Å². The molecule has 0 unspecified atom stereocenters. The molecule has 0 aliphatic carbocycles. The summed E-state index contributed by atoms with van der Waals surface area (Å²) in [6.45, 7) is 4.99. The Bertz CT molecular complexity index is 967. The number of imide groups is 1. The van der Waals surface area contributed by atoms with E-state index in [1.807, 2.05) is 19.1 Å². The third-order valence-electron chi connectivity index (χ3n) is 4.78. The van der Waals surface area contributed by atoms with E-state index in [4.69, 9.17) is 4.74 Å². The minimum Gasteiger partial charge on any atom is -0.483 e. The fourth-order valence-corrected chi connectivity index (χ4v) is 3.28. The zero-order chi connectivity index (χ0) is 21.8. The number of nitrogens with one attached hydrogen (secondary N) is 2. The zero-order valence-electron chi connectivity index (χ0n) is 17.0. The number of aryl methyl sites for hydroxylation is 1. The highest BCUT2D eigenvalue weighted by Gasteiger charge is 2.43. The molecule has 3 rings (SSSR count). The maximum absolute atomic E-state index is 12.7. The van der Waals surface area contributed by atoms with Crippen molar-refractivity contribution in [2.24, 2.45) is 5.92 Å². The highest BCUT2D eigenvalue weighted by atomic mass is 16.5. The summed E-state index contributed by atoms with van der Waals surface area (Å²) in [6.07, 6.45) is 0. The van der Waals surface area contributed by atoms with Gasteiger partial charge in [0.2, 0.25) is 0 Å². The van der Waals surface area contributed by atoms with Gasteiger partial charge in [-0.05, 0) is 36.6 Å². The molecule has 0 saturated carbocycles. The third-order valence-corrected chi connectivity index (χ3v) is 4.78. The van der Waals surface area contributed by atoms with Crippen molar-refractivity contribution in [3.8, 4) is 5.75 Å². The number of hydrogen-bond acceptors (Lipinski definition) is 5. The molecule has 0 aromatic heterocycles. The van der Waals surface area contributed by atoms with Crippen molar-refractivity contribution in [1.82, 2.24) is 15.8 Å². The third kappa shape index (κ3) is 4.17. The largest absolute Gasteiger partial charge is 0.483 e. The molecule has 0 bridgehead atoms. The molecule has 0 spiro atoms. The maximum Gasteiger partial charge on any atom is 0.276 e. The van der Waals surface area contributed by atoms with E-state index in [1.165, 1.54) is 0 Å². The molecule has 0 radical (unpaired) electrons. The molecule has 0 saturated heterocycles. The lowest BCUT2D eigenvalue weighted by molar-refractivity contribution is -0.132. The standard InChI is InChI=1S/C22H23N3O5/c1-13(2)19(25-21(28)15-9-5-6-10-16(15)22(25)29)20(27)24-23-18(26)12-30-17-11-7-4-8-14(17)3/h4-11,13,19H,12H2,1-3H3,(H,23,26)(H,24,27)/t19-/m1/s1. The summed E-state index contributed by atoms with van der Waals surface area (Å²) < 4.78 is 5.43. The summed E-state index contributed by atoms with van der Waals surface area (Å²) in [5.41, 5.74) is 5.96. The minimum absolute atomic E-state index is 0.261. The van der Waals surface area contributed by atoms with Crippen molar-refractivity contribution >= 4 is 23.6 Å². The van der Waals surface area contributed by atoms with Crippen LogP contribution < -0.4 is 15.6 Å². The molecular formula is C22H23N3O5. The van der Waals surface area contributed by atoms with Crippen molar-refractivity contribution in [3.05, 3.63) is 65.2 Å². The van der Waals surface area contributed by atoms with Gasteiger partial charge in [-0.15, -0.1) is 0 Å². The number of amides is 4. The second-order valence-corrected chi connectivity index (χ2v) is 7.31. The van der Waals surface area contributed by atoms with Crippen LogP contribution in [0.5, 0.6) is 5.75 Å². The van der Waals surface area contributed by atoms with Gasteiger partial charge >= 0.3 is 0 Å². The van der Waals surface area contributed by atoms with Crippen molar-refractivity contribution in [2.45, 2.75) is 26.8 Å². The molecule has 1 heterocycles. The summed E-state index contributed by atoms with van der Waals surface area (Å²) in [5.74, 6) is -2.10. The highest BCUT2D eigenvalue weighted by Crippen LogP contribution is 2.27. The predicted octanol–water partition coefficient (Wildman–Crippen LogP) is 1.84. The Balaban J connectivity index is 1.63. The van der Waals surface area contributed by atoms with Crippen molar-refractivity contribution < 1.29 is 23.9 Å². The second-order valence-electron chi connectivity index (χ2n) is 7.31. The second kappa shape index (κ2) is 8.77. The first kappa shape index (κ1) is 21.0. The van der Waals surface area contributed by atoms with Gasteiger partial charge in [-0.1, -0.05) is 44.2 Å². The van der Waals surface area contributed by atoms with E-state index >= 15 is 0 Å². The van der Waals surface area contributed by atoms with Gasteiger partial charge in [0.25, 0.3) is 23.6 Å². The summed E-state index contributed by atoms with van der Waals surface area (Å²) in [6, 6.07) is 12.6. The Hall–Kier alpha value is -3.68. The highest BCUT2D eigenvalue weighted by molar-refractivity contribution is 6.22. The number of para-hydroxylation sites is 1. The first-order valence-corrected chi connectivity index (χ1v) is 9.55. The van der Waals surface area contributed by atoms with Crippen LogP contribution in [0, 0.1) is 12.8 Å². The van der Waals surface area contributed by atoms with Crippen LogP contribution >= 0.6 is 0 Å². The first-order chi connectivity index (χ1) is 14.3. The number of nitrogens with zero attached hydrogens (tertiary/aromatic N) is 1. The van der Waals surface area contributed by atoms with E-state index in [0.717, 1.165) is 10.5 Å². The molecule has 2 N–H and O–H groups in total. The Kier molecular flexibility index (Phi) is 6.15. The number of carbonyl (C=O) groups is 4. The van der Waals surface area contributed by atoms with E-state index in [1.54, 1.807) is 50.2 Å². The van der Waals surface area contributed by atoms with E-state index in [0.29, 0.717) is 5.75 Å². The molecule has 0 fully saturated rings. The van der Waals surface area contributed by atoms with Gasteiger partial charge in [-0.3, -0.25) is 34.9 Å². The molecule has 8 heteroatoms. The normalized spacial score (nSPS) is 13.8. The van der Waals surface area contributed by atoms with E-state index in [9.17, 15) is 19.2 Å². The van der Waals surface area contributed by atoms with Crippen LogP contribution in [-0.2, 0) is 9.59 Å². The molecule has 2 aromatic carbocycles. The van der Waals surface area contributed by atoms with Crippen LogP contribution in [0.15, 0.2) is 48.5 Å². The number of rotatable bonds is 6. The molecular weight excluding hydrogens is 386 g/mol. The van der Waals surface area contributed by atoms with Gasteiger partial charge in [-0.2, -0.15) is 0 Å². The van der Waals surface area contributed by atoms with Gasteiger partial charge in [0, 0.05) is 0 Å². The molecule has 30 heavy (non-hydrogen) atoms. The fourth-order valence-electron chi connectivity index (χ4n) is 3.28. The summed E-state index contributed by atoms with van der Waals surface area (Å²) in [5, 5.41) is 0. The van der Waals surface area contributed by atoms with Crippen LogP contribution in [0.1, 0.15) is 40.1 Å². The maximum atomic E-state index is 12.7. The van der Waals surface area contributed by atoms with Crippen LogP contribution in [0.25, 0.3) is 0 Å². The number of benzene rings is 2. The van der Waals surface area contributed by atoms with Crippen molar-refractivity contribution in [1.29, 1.82) is 0 Å². The van der Waals surface area contributed by atoms with E-state index < -0.39 is 29.7 Å². The van der Waals surface area contributed by atoms with Gasteiger partial charge in [0.05, 0.1) is 11.1 Å². The number of fused-ring (bicyclic) bond motifs is 1. The lowest BCUT2D eigenvalue weighted by Gasteiger charge is -2.28. The van der Waals surface area contributed by atoms with Crippen LogP contribution in [-0.4, -0.2) is 41.2 Å². The van der Waals surface area contributed by atoms with Gasteiger partial charge in [-0.25, -0.2) is 0 Å². The van der Waals surface area contributed by atoms with Crippen LogP contribution in [0.2, 0.25) is 0 Å². The molecule has 8 nitrogen and oxygen atoms in total. The minimum atomic E-state index is -1.07. The van der Waals surface area contributed by atoms with E-state index in [2.05, 4.69) is 10.9 Å². The van der Waals surface area contributed by atoms with Gasteiger partial charge in [0.1, 0.15) is 11.8 Å². The number of carbonyl (C=O) groups excluding carboxylic acids is 4. The van der Waals surface area contributed by atoms with Gasteiger partial charge < -0.3 is 4.74 Å². The topological polar surface area (TPSA) is 105 Å². The molecule has 156 valence electrons. The lowest BCUT2D eigenvalue weighted by atomic mass is 10.0. The fraction of sp³-hybridized carbons (Fsp3) is 0.273. The first-order valence-electron chi connectivity index (χ1n) is 9.55. The molecule has 1 aliphatic rings. The number of hydrogen-bond donors (Lipinski definition) is 2. The Morgan fingerprint density at radius 1 is 0.933 bits per heavy atom. The van der Waals surface area contributed by atoms with Gasteiger partial charge in [0.15, 0.2) is 6.61 Å². The quantitative estimate of drug-likeness (QED) is 0.560. The summed E-state index contributed by atoms with van der Waals surface area (Å²) in [4.78, 5) is 51.1. The summed E-state index contributed by atoms with van der Waals surface area (Å²) >= 11 is 0. The molecule has 4 amide bonds. The Labute approximate surface area is 174 Å². The zero-order valence-corrected chi connectivity index (χ0v) is 17.0. The summed E-state index contributed by atoms with van der Waals surface area (Å²) in [7, 11) is 0. The van der Waals surface area contributed by atoms with Crippen LogP contribution in [0.3, 0.4) is 0 Å². The van der Waals surface area contributed by atoms with Crippen molar-refractivity contribution in [2.75, 3.05) is 6.61 Å². The molecule has 2 aromatic rings. The van der Waals surface area contributed by atoms with E-state index in [-0.39, 0.29) is 23.7 Å². The van der Waals surface area contributed by atoms with Crippen molar-refractivity contribution in [3.63, 3.8) is 0 Å². The SMILES string of the molecule is Cc1ccccc1OCC(=O)NNC(=O)[C@@H](C(C)C)N1C(=O)c2ccccc2C1=O. The Morgan fingerprint density at radius 2 is 1.50 bits per heavy atom. The predicted molar refractivity (Wildman–Crippen MR) is 109 cm³/mol. The number of ether oxygens (including phenoxy) is 1. The molecule has 1 atom stereocenters. The number of hydrazine groups is 1. The average molecular weight is 409 g/mol. The average Bonchev–Trinajstić information content (AvgIpc) is 2.97. The Morgan fingerprint density at radius 3 is 2.07 bits per heavy atom. The lowest BCUT2D eigenvalue weighted by Crippen LogP contribution is -2.56. The monoisotopic (exact) mass is 409 g/mol. The smallest absolute Gasteiger partial charge is 0.276 e.